The monoisotopic (exact) mass is 167 g/mol. The molecule has 3 nitrogen and oxygen atoms in total. The first-order chi connectivity index (χ1) is 5.77. The van der Waals surface area contributed by atoms with Crippen LogP contribution in [0.3, 0.4) is 0 Å². The molecule has 0 spiro atoms. The molecule has 0 aliphatic rings. The molecule has 0 unspecified atom stereocenters. The lowest BCUT2D eigenvalue weighted by molar-refractivity contribution is 0.338. The van der Waals surface area contributed by atoms with Crippen molar-refractivity contribution in [1.29, 1.82) is 0 Å². The molecule has 1 aromatic heterocycles. The molecule has 0 aliphatic carbocycles. The van der Waals surface area contributed by atoms with Crippen LogP contribution in [-0.2, 0) is 6.54 Å². The van der Waals surface area contributed by atoms with Crippen LogP contribution in [0.15, 0.2) is 23.1 Å². The van der Waals surface area contributed by atoms with Crippen LogP contribution in [0.2, 0.25) is 0 Å². The average Bonchev–Trinajstić information content (AvgIpc) is 2.05. The Morgan fingerprint density at radius 2 is 2.25 bits per heavy atom. The molecule has 1 heterocycles. The number of ether oxygens (including phenoxy) is 1. The molecule has 0 aromatic carbocycles. The number of pyridine rings is 1. The standard InChI is InChI=1S/C9H13NO2/c1-3-10-6-5-8(12-4-2)7-9(10)11/h5-7H,3-4H2,1-2H3. The number of hydrogen-bond acceptors (Lipinski definition) is 2. The smallest absolute Gasteiger partial charge is 0.254 e. The predicted octanol–water partition coefficient (Wildman–Crippen LogP) is 1.27. The molecule has 66 valence electrons. The van der Waals surface area contributed by atoms with Crippen LogP contribution in [0.25, 0.3) is 0 Å². The molecule has 0 fully saturated rings. The third-order valence-corrected chi connectivity index (χ3v) is 1.62. The second-order valence-corrected chi connectivity index (χ2v) is 2.42. The summed E-state index contributed by atoms with van der Waals surface area (Å²) in [5.74, 6) is 0.646. The van der Waals surface area contributed by atoms with Gasteiger partial charge >= 0.3 is 0 Å². The van der Waals surface area contributed by atoms with Crippen molar-refractivity contribution in [1.82, 2.24) is 4.57 Å². The molecule has 0 saturated carbocycles. The maximum atomic E-state index is 11.2. The first-order valence-corrected chi connectivity index (χ1v) is 4.11. The van der Waals surface area contributed by atoms with Gasteiger partial charge in [0.25, 0.3) is 5.56 Å². The molecule has 1 rings (SSSR count). The van der Waals surface area contributed by atoms with E-state index < -0.39 is 0 Å². The van der Waals surface area contributed by atoms with Gasteiger partial charge < -0.3 is 9.30 Å². The van der Waals surface area contributed by atoms with Crippen molar-refractivity contribution < 1.29 is 4.74 Å². The molecule has 12 heavy (non-hydrogen) atoms. The van der Waals surface area contributed by atoms with E-state index >= 15 is 0 Å². The number of hydrogen-bond donors (Lipinski definition) is 0. The van der Waals surface area contributed by atoms with Gasteiger partial charge in [-0.15, -0.1) is 0 Å². The fraction of sp³-hybridized carbons (Fsp3) is 0.444. The lowest BCUT2D eigenvalue weighted by Gasteiger charge is -2.04. The molecule has 0 atom stereocenters. The van der Waals surface area contributed by atoms with Gasteiger partial charge in [0.15, 0.2) is 0 Å². The first-order valence-electron chi connectivity index (χ1n) is 4.11. The molecule has 1 aromatic rings. The Morgan fingerprint density at radius 3 is 2.75 bits per heavy atom. The summed E-state index contributed by atoms with van der Waals surface area (Å²) in [6.07, 6.45) is 1.74. The van der Waals surface area contributed by atoms with Gasteiger partial charge in [-0.25, -0.2) is 0 Å². The lowest BCUT2D eigenvalue weighted by Crippen LogP contribution is -2.17. The molecule has 3 heteroatoms. The van der Waals surface area contributed by atoms with Gasteiger partial charge in [0.1, 0.15) is 5.75 Å². The van der Waals surface area contributed by atoms with Crippen LogP contribution in [0.5, 0.6) is 5.75 Å². The zero-order valence-electron chi connectivity index (χ0n) is 7.41. The summed E-state index contributed by atoms with van der Waals surface area (Å²) >= 11 is 0. The largest absolute Gasteiger partial charge is 0.494 e. The summed E-state index contributed by atoms with van der Waals surface area (Å²) in [6.45, 7) is 5.12. The summed E-state index contributed by atoms with van der Waals surface area (Å²) < 4.78 is 6.80. The summed E-state index contributed by atoms with van der Waals surface area (Å²) in [5.41, 5.74) is -0.0107. The summed E-state index contributed by atoms with van der Waals surface area (Å²) in [7, 11) is 0. The Hall–Kier alpha value is -1.25. The maximum Gasteiger partial charge on any atom is 0.254 e. The summed E-state index contributed by atoms with van der Waals surface area (Å²) in [5, 5.41) is 0. The maximum absolute atomic E-state index is 11.2. The second kappa shape index (κ2) is 3.95. The van der Waals surface area contributed by atoms with E-state index in [1.54, 1.807) is 16.8 Å². The highest BCUT2D eigenvalue weighted by atomic mass is 16.5. The van der Waals surface area contributed by atoms with Crippen LogP contribution >= 0.6 is 0 Å². The third-order valence-electron chi connectivity index (χ3n) is 1.62. The van der Waals surface area contributed by atoms with Crippen LogP contribution in [0, 0.1) is 0 Å². The van der Waals surface area contributed by atoms with Crippen molar-refractivity contribution in [2.75, 3.05) is 6.61 Å². The molecule has 0 bridgehead atoms. The van der Waals surface area contributed by atoms with Crippen molar-refractivity contribution in [3.63, 3.8) is 0 Å². The summed E-state index contributed by atoms with van der Waals surface area (Å²) in [6, 6.07) is 3.31. The zero-order valence-corrected chi connectivity index (χ0v) is 7.41. The lowest BCUT2D eigenvalue weighted by atomic mass is 10.4. The fourth-order valence-electron chi connectivity index (χ4n) is 1.01. The van der Waals surface area contributed by atoms with Crippen LogP contribution in [0.1, 0.15) is 13.8 Å². The molecule has 0 aliphatic heterocycles. The SMILES string of the molecule is CCOc1ccn(CC)c(=O)c1. The van der Waals surface area contributed by atoms with E-state index in [-0.39, 0.29) is 5.56 Å². The van der Waals surface area contributed by atoms with E-state index in [1.807, 2.05) is 13.8 Å². The van der Waals surface area contributed by atoms with E-state index in [1.165, 1.54) is 6.07 Å². The number of aromatic nitrogens is 1. The zero-order chi connectivity index (χ0) is 8.97. The Balaban J connectivity index is 2.94. The van der Waals surface area contributed by atoms with Crippen molar-refractivity contribution in [2.24, 2.45) is 0 Å². The predicted molar refractivity (Wildman–Crippen MR) is 47.5 cm³/mol. The topological polar surface area (TPSA) is 31.2 Å². The van der Waals surface area contributed by atoms with E-state index in [4.69, 9.17) is 4.74 Å². The molecule has 0 N–H and O–H groups in total. The average molecular weight is 167 g/mol. The van der Waals surface area contributed by atoms with Gasteiger partial charge in [-0.2, -0.15) is 0 Å². The Bertz CT molecular complexity index is 304. The fourth-order valence-corrected chi connectivity index (χ4v) is 1.01. The summed E-state index contributed by atoms with van der Waals surface area (Å²) in [4.78, 5) is 11.2. The first kappa shape index (κ1) is 8.84. The normalized spacial score (nSPS) is 9.83. The van der Waals surface area contributed by atoms with E-state index in [0.717, 1.165) is 0 Å². The molecule has 0 radical (unpaired) electrons. The molecule has 0 amide bonds. The van der Waals surface area contributed by atoms with Gasteiger partial charge in [0.2, 0.25) is 0 Å². The highest BCUT2D eigenvalue weighted by Gasteiger charge is 1.95. The minimum absolute atomic E-state index is 0.0107. The van der Waals surface area contributed by atoms with Gasteiger partial charge in [-0.05, 0) is 19.9 Å². The minimum atomic E-state index is -0.0107. The third kappa shape index (κ3) is 1.87. The van der Waals surface area contributed by atoms with Crippen LogP contribution in [-0.4, -0.2) is 11.2 Å². The molecular formula is C9H13NO2. The highest BCUT2D eigenvalue weighted by Crippen LogP contribution is 2.04. The van der Waals surface area contributed by atoms with E-state index in [2.05, 4.69) is 0 Å². The highest BCUT2D eigenvalue weighted by molar-refractivity contribution is 5.17. The van der Waals surface area contributed by atoms with Crippen molar-refractivity contribution in [3.05, 3.63) is 28.7 Å². The van der Waals surface area contributed by atoms with Gasteiger partial charge in [-0.1, -0.05) is 0 Å². The van der Waals surface area contributed by atoms with E-state index in [0.29, 0.717) is 18.9 Å². The van der Waals surface area contributed by atoms with Crippen LogP contribution in [0.4, 0.5) is 0 Å². The van der Waals surface area contributed by atoms with Crippen molar-refractivity contribution >= 4 is 0 Å². The molecular weight excluding hydrogens is 154 g/mol. The number of aryl methyl sites for hydroxylation is 1. The van der Waals surface area contributed by atoms with Crippen molar-refractivity contribution in [3.8, 4) is 5.75 Å². The number of rotatable bonds is 3. The Kier molecular flexibility index (Phi) is 2.91. The van der Waals surface area contributed by atoms with Crippen molar-refractivity contribution in [2.45, 2.75) is 20.4 Å². The van der Waals surface area contributed by atoms with Gasteiger partial charge in [-0.3, -0.25) is 4.79 Å². The minimum Gasteiger partial charge on any atom is -0.494 e. The Morgan fingerprint density at radius 1 is 1.50 bits per heavy atom. The van der Waals surface area contributed by atoms with Gasteiger partial charge in [0.05, 0.1) is 6.61 Å². The van der Waals surface area contributed by atoms with E-state index in [9.17, 15) is 4.79 Å². The van der Waals surface area contributed by atoms with Crippen LogP contribution < -0.4 is 10.3 Å². The number of nitrogens with zero attached hydrogens (tertiary/aromatic N) is 1. The Labute approximate surface area is 71.6 Å². The molecule has 0 saturated heterocycles. The quantitative estimate of drug-likeness (QED) is 0.678. The second-order valence-electron chi connectivity index (χ2n) is 2.42. The van der Waals surface area contributed by atoms with Gasteiger partial charge in [0, 0.05) is 18.8 Å².